The van der Waals surface area contributed by atoms with E-state index in [4.69, 9.17) is 0 Å². The Morgan fingerprint density at radius 1 is 0.875 bits per heavy atom. The van der Waals surface area contributed by atoms with Crippen LogP contribution in [-0.2, 0) is 0 Å². The van der Waals surface area contributed by atoms with Gasteiger partial charge in [0.1, 0.15) is 0 Å². The number of piperidine rings is 2. The van der Waals surface area contributed by atoms with Crippen molar-refractivity contribution in [2.24, 2.45) is 11.8 Å². The van der Waals surface area contributed by atoms with Crippen molar-refractivity contribution in [1.82, 2.24) is 20.0 Å². The maximum Gasteiger partial charge on any atom is 0.0261 e. The van der Waals surface area contributed by atoms with Gasteiger partial charge in [-0.3, -0.25) is 9.80 Å². The van der Waals surface area contributed by atoms with Crippen LogP contribution < -0.4 is 5.32 Å². The Bertz CT molecular complexity index is 395. The summed E-state index contributed by atoms with van der Waals surface area (Å²) in [6.07, 6.45) is 8.49. The van der Waals surface area contributed by atoms with E-state index in [-0.39, 0.29) is 0 Å². The van der Waals surface area contributed by atoms with Gasteiger partial charge in [0.15, 0.2) is 0 Å². The van der Waals surface area contributed by atoms with Crippen LogP contribution in [0.5, 0.6) is 0 Å². The lowest BCUT2D eigenvalue weighted by Gasteiger charge is -2.44. The largest absolute Gasteiger partial charge is 0.315 e. The second-order valence-electron chi connectivity index (χ2n) is 9.01. The van der Waals surface area contributed by atoms with Crippen LogP contribution in [0.2, 0.25) is 0 Å². The first kappa shape index (κ1) is 17.3. The molecule has 4 nitrogen and oxygen atoms in total. The Hall–Kier alpha value is -0.160. The Kier molecular flexibility index (Phi) is 5.77. The third-order valence-electron chi connectivity index (χ3n) is 7.14. The van der Waals surface area contributed by atoms with Gasteiger partial charge in [-0.15, -0.1) is 0 Å². The first-order valence-corrected chi connectivity index (χ1v) is 10.7. The van der Waals surface area contributed by atoms with Crippen LogP contribution in [-0.4, -0.2) is 85.7 Å². The van der Waals surface area contributed by atoms with Gasteiger partial charge in [-0.1, -0.05) is 6.92 Å². The summed E-state index contributed by atoms with van der Waals surface area (Å²) in [5.41, 5.74) is 0. The van der Waals surface area contributed by atoms with Crippen molar-refractivity contribution in [2.75, 3.05) is 58.9 Å². The molecule has 4 saturated heterocycles. The van der Waals surface area contributed by atoms with Crippen LogP contribution >= 0.6 is 0 Å². The molecule has 4 fully saturated rings. The minimum Gasteiger partial charge on any atom is -0.315 e. The van der Waals surface area contributed by atoms with Crippen LogP contribution in [0.3, 0.4) is 0 Å². The molecular formula is C20H38N4. The summed E-state index contributed by atoms with van der Waals surface area (Å²) in [5, 5.41) is 3.69. The maximum atomic E-state index is 3.69. The van der Waals surface area contributed by atoms with Crippen molar-refractivity contribution < 1.29 is 0 Å². The molecule has 0 saturated carbocycles. The SMILES string of the molecule is CC1CCCN(C2CNCCC2CN2CCC(N3CCCC3)C2)C1. The van der Waals surface area contributed by atoms with Crippen molar-refractivity contribution in [2.45, 2.75) is 57.5 Å². The van der Waals surface area contributed by atoms with Crippen LogP contribution in [0.25, 0.3) is 0 Å². The molecular weight excluding hydrogens is 296 g/mol. The molecule has 4 aliphatic heterocycles. The molecule has 0 radical (unpaired) electrons. The molecule has 0 amide bonds. The van der Waals surface area contributed by atoms with E-state index in [0.29, 0.717) is 0 Å². The van der Waals surface area contributed by atoms with E-state index in [1.807, 2.05) is 0 Å². The molecule has 4 atom stereocenters. The summed E-state index contributed by atoms with van der Waals surface area (Å²) in [7, 11) is 0. The molecule has 1 N–H and O–H groups in total. The van der Waals surface area contributed by atoms with Gasteiger partial charge in [0.05, 0.1) is 0 Å². The van der Waals surface area contributed by atoms with Crippen LogP contribution in [0, 0.1) is 11.8 Å². The average Bonchev–Trinajstić information content (AvgIpc) is 3.26. The fourth-order valence-corrected chi connectivity index (χ4v) is 5.78. The molecule has 4 unspecified atom stereocenters. The van der Waals surface area contributed by atoms with E-state index >= 15 is 0 Å². The maximum absolute atomic E-state index is 3.69. The highest BCUT2D eigenvalue weighted by Gasteiger charge is 2.35. The Balaban J connectivity index is 1.32. The highest BCUT2D eigenvalue weighted by molar-refractivity contribution is 4.92. The normalized spacial score (nSPS) is 40.4. The number of rotatable bonds is 4. The van der Waals surface area contributed by atoms with Crippen molar-refractivity contribution in [3.05, 3.63) is 0 Å². The number of hydrogen-bond donors (Lipinski definition) is 1. The summed E-state index contributed by atoms with van der Waals surface area (Å²) in [6.45, 7) is 14.3. The second-order valence-corrected chi connectivity index (χ2v) is 9.01. The number of hydrogen-bond acceptors (Lipinski definition) is 4. The predicted octanol–water partition coefficient (Wildman–Crippen LogP) is 1.87. The third-order valence-corrected chi connectivity index (χ3v) is 7.14. The summed E-state index contributed by atoms with van der Waals surface area (Å²) in [5.74, 6) is 1.78. The van der Waals surface area contributed by atoms with Gasteiger partial charge in [0, 0.05) is 38.3 Å². The molecule has 4 aliphatic rings. The molecule has 4 heterocycles. The Morgan fingerprint density at radius 3 is 2.54 bits per heavy atom. The van der Waals surface area contributed by atoms with Crippen LogP contribution in [0.1, 0.15) is 45.4 Å². The zero-order valence-corrected chi connectivity index (χ0v) is 15.8. The average molecular weight is 335 g/mol. The van der Waals surface area contributed by atoms with Gasteiger partial charge in [0.25, 0.3) is 0 Å². The minimum absolute atomic E-state index is 0.785. The number of nitrogens with zero attached hydrogens (tertiary/aromatic N) is 3. The zero-order valence-electron chi connectivity index (χ0n) is 15.8. The molecule has 0 bridgehead atoms. The van der Waals surface area contributed by atoms with E-state index in [0.717, 1.165) is 23.9 Å². The zero-order chi connectivity index (χ0) is 16.4. The monoisotopic (exact) mass is 334 g/mol. The van der Waals surface area contributed by atoms with E-state index in [1.165, 1.54) is 97.4 Å². The van der Waals surface area contributed by atoms with Gasteiger partial charge < -0.3 is 10.2 Å². The van der Waals surface area contributed by atoms with Gasteiger partial charge in [-0.2, -0.15) is 0 Å². The minimum atomic E-state index is 0.785. The molecule has 24 heavy (non-hydrogen) atoms. The third kappa shape index (κ3) is 3.98. The molecule has 4 heteroatoms. The lowest BCUT2D eigenvalue weighted by Crippen LogP contribution is -2.56. The van der Waals surface area contributed by atoms with Crippen molar-refractivity contribution in [1.29, 1.82) is 0 Å². The van der Waals surface area contributed by atoms with Gasteiger partial charge in [-0.25, -0.2) is 0 Å². The predicted molar refractivity (Wildman–Crippen MR) is 100 cm³/mol. The second kappa shape index (κ2) is 8.03. The van der Waals surface area contributed by atoms with E-state index in [2.05, 4.69) is 26.9 Å². The molecule has 0 aromatic heterocycles. The first-order chi connectivity index (χ1) is 11.8. The van der Waals surface area contributed by atoms with Gasteiger partial charge in [0.2, 0.25) is 0 Å². The standard InChI is InChI=1S/C20H38N4/c1-17-5-4-11-24(14-17)20-13-21-8-6-18(20)15-22-12-7-19(16-22)23-9-2-3-10-23/h17-21H,2-16H2,1H3. The quantitative estimate of drug-likeness (QED) is 0.847. The highest BCUT2D eigenvalue weighted by atomic mass is 15.3. The van der Waals surface area contributed by atoms with E-state index < -0.39 is 0 Å². The van der Waals surface area contributed by atoms with Crippen molar-refractivity contribution >= 4 is 0 Å². The fraction of sp³-hybridized carbons (Fsp3) is 1.00. The molecule has 0 spiro atoms. The van der Waals surface area contributed by atoms with Crippen LogP contribution in [0.15, 0.2) is 0 Å². The summed E-state index contributed by atoms with van der Waals surface area (Å²) in [6, 6.07) is 1.65. The smallest absolute Gasteiger partial charge is 0.0261 e. The van der Waals surface area contributed by atoms with Crippen molar-refractivity contribution in [3.63, 3.8) is 0 Å². The van der Waals surface area contributed by atoms with Crippen molar-refractivity contribution in [3.8, 4) is 0 Å². The summed E-state index contributed by atoms with van der Waals surface area (Å²) >= 11 is 0. The number of nitrogens with one attached hydrogen (secondary N) is 1. The van der Waals surface area contributed by atoms with Gasteiger partial charge >= 0.3 is 0 Å². The Labute approximate surface area is 148 Å². The molecule has 0 aliphatic carbocycles. The van der Waals surface area contributed by atoms with E-state index in [9.17, 15) is 0 Å². The van der Waals surface area contributed by atoms with E-state index in [1.54, 1.807) is 0 Å². The molecule has 0 aromatic rings. The topological polar surface area (TPSA) is 21.8 Å². The van der Waals surface area contributed by atoms with Gasteiger partial charge in [-0.05, 0) is 83.1 Å². The summed E-state index contributed by atoms with van der Waals surface area (Å²) in [4.78, 5) is 8.41. The summed E-state index contributed by atoms with van der Waals surface area (Å²) < 4.78 is 0. The lowest BCUT2D eigenvalue weighted by molar-refractivity contribution is 0.0586. The molecule has 138 valence electrons. The fourth-order valence-electron chi connectivity index (χ4n) is 5.78. The molecule has 0 aromatic carbocycles. The molecule has 4 rings (SSSR count). The lowest BCUT2D eigenvalue weighted by atomic mass is 9.88. The Morgan fingerprint density at radius 2 is 1.71 bits per heavy atom. The van der Waals surface area contributed by atoms with Crippen LogP contribution in [0.4, 0.5) is 0 Å². The first-order valence-electron chi connectivity index (χ1n) is 10.7. The number of likely N-dealkylation sites (tertiary alicyclic amines) is 3. The highest BCUT2D eigenvalue weighted by Crippen LogP contribution is 2.27.